The lowest BCUT2D eigenvalue weighted by Crippen LogP contribution is -2.23. The molecule has 1 aromatic rings. The lowest BCUT2D eigenvalue weighted by molar-refractivity contribution is -0.141. The third-order valence-electron chi connectivity index (χ3n) is 3.24. The molecule has 0 saturated heterocycles. The van der Waals surface area contributed by atoms with E-state index >= 15 is 0 Å². The molecule has 22 heavy (non-hydrogen) atoms. The molecule has 122 valence electrons. The summed E-state index contributed by atoms with van der Waals surface area (Å²) in [6.45, 7) is 5.15. The van der Waals surface area contributed by atoms with Gasteiger partial charge in [0.1, 0.15) is 5.60 Å². The third kappa shape index (κ3) is 4.08. The van der Waals surface area contributed by atoms with Crippen LogP contribution in [0.2, 0.25) is 0 Å². The molecule has 0 aromatic carbocycles. The first kappa shape index (κ1) is 16.5. The van der Waals surface area contributed by atoms with Gasteiger partial charge in [-0.1, -0.05) is 0 Å². The monoisotopic (exact) mass is 317 g/mol. The van der Waals surface area contributed by atoms with E-state index in [1.54, 1.807) is 20.8 Å². The summed E-state index contributed by atoms with van der Waals surface area (Å²) in [6, 6.07) is 0. The molecule has 1 aromatic heterocycles. The quantitative estimate of drug-likeness (QED) is 0.806. The number of alkyl halides is 3. The Labute approximate surface area is 126 Å². The van der Waals surface area contributed by atoms with Gasteiger partial charge >= 0.3 is 12.3 Å². The predicted octanol–water partition coefficient (Wildman–Crippen LogP) is 3.54. The van der Waals surface area contributed by atoms with Gasteiger partial charge in [0.2, 0.25) is 0 Å². The van der Waals surface area contributed by atoms with Gasteiger partial charge in [0.05, 0.1) is 0 Å². The number of carbonyl (C=O) groups is 1. The van der Waals surface area contributed by atoms with Crippen LogP contribution in [-0.4, -0.2) is 28.1 Å². The minimum Gasteiger partial charge on any atom is -0.442 e. The molecule has 1 amide bonds. The van der Waals surface area contributed by atoms with Crippen LogP contribution in [0.4, 0.5) is 18.0 Å². The molecule has 0 radical (unpaired) electrons. The van der Waals surface area contributed by atoms with E-state index in [1.165, 1.54) is 6.21 Å². The van der Waals surface area contributed by atoms with E-state index in [0.29, 0.717) is 18.5 Å². The fourth-order valence-corrected chi connectivity index (χ4v) is 2.34. The number of hydrogen-bond donors (Lipinski definition) is 1. The smallest absolute Gasteiger partial charge is 0.435 e. The number of aromatic amines is 1. The molecule has 1 aliphatic rings. The molecule has 2 rings (SSSR count). The minimum atomic E-state index is -4.48. The molecule has 1 N–H and O–H groups in total. The highest BCUT2D eigenvalue weighted by Crippen LogP contribution is 2.35. The molecule has 0 saturated carbocycles. The highest BCUT2D eigenvalue weighted by Gasteiger charge is 2.39. The Bertz CT molecular complexity index is 585. The van der Waals surface area contributed by atoms with Gasteiger partial charge in [0.25, 0.3) is 0 Å². The van der Waals surface area contributed by atoms with E-state index in [2.05, 4.69) is 15.2 Å². The average molecular weight is 317 g/mol. The molecule has 8 heteroatoms. The zero-order chi connectivity index (χ0) is 16.5. The molecular formula is C14H18F3N3O2. The van der Waals surface area contributed by atoms with Crippen molar-refractivity contribution in [2.24, 2.45) is 10.9 Å². The second-order valence-corrected chi connectivity index (χ2v) is 6.29. The summed E-state index contributed by atoms with van der Waals surface area (Å²) < 4.78 is 43.6. The van der Waals surface area contributed by atoms with Gasteiger partial charge < -0.3 is 4.74 Å². The van der Waals surface area contributed by atoms with Crippen LogP contribution in [0.1, 0.15) is 44.1 Å². The first-order valence-corrected chi connectivity index (χ1v) is 6.97. The van der Waals surface area contributed by atoms with Crippen molar-refractivity contribution in [3.05, 3.63) is 17.0 Å². The van der Waals surface area contributed by atoms with E-state index in [0.717, 1.165) is 0 Å². The van der Waals surface area contributed by atoms with Crippen molar-refractivity contribution in [3.63, 3.8) is 0 Å². The Balaban J connectivity index is 2.06. The third-order valence-corrected chi connectivity index (χ3v) is 3.24. The number of amides is 1. The number of aryl methyl sites for hydroxylation is 1. The molecule has 1 atom stereocenters. The summed E-state index contributed by atoms with van der Waals surface area (Å²) in [7, 11) is 0. The maximum Gasteiger partial charge on any atom is 0.435 e. The molecule has 0 bridgehead atoms. The van der Waals surface area contributed by atoms with Crippen LogP contribution in [-0.2, 0) is 23.8 Å². The topological polar surface area (TPSA) is 67.3 Å². The number of nitrogens with zero attached hydrogens (tertiary/aromatic N) is 2. The molecule has 5 nitrogen and oxygen atoms in total. The fourth-order valence-electron chi connectivity index (χ4n) is 2.34. The van der Waals surface area contributed by atoms with Crippen molar-refractivity contribution < 1.29 is 22.7 Å². The molecule has 1 unspecified atom stereocenters. The summed E-state index contributed by atoms with van der Waals surface area (Å²) in [6.07, 6.45) is -2.62. The minimum absolute atomic E-state index is 0.160. The van der Waals surface area contributed by atoms with Gasteiger partial charge in [-0.25, -0.2) is 4.79 Å². The van der Waals surface area contributed by atoms with Crippen LogP contribution in [0.25, 0.3) is 0 Å². The number of nitrogens with one attached hydrogen (secondary N) is 1. The first-order valence-electron chi connectivity index (χ1n) is 6.97. The zero-order valence-electron chi connectivity index (χ0n) is 12.6. The lowest BCUT2D eigenvalue weighted by Gasteiger charge is -2.20. The largest absolute Gasteiger partial charge is 0.442 e. The number of halogens is 3. The van der Waals surface area contributed by atoms with Gasteiger partial charge in [0.15, 0.2) is 5.69 Å². The van der Waals surface area contributed by atoms with Crippen molar-refractivity contribution in [2.75, 3.05) is 0 Å². The number of ether oxygens (including phenoxy) is 1. The van der Waals surface area contributed by atoms with Gasteiger partial charge in [-0.3, -0.25) is 5.10 Å². The number of rotatable bonds is 1. The number of hydrogen-bond acceptors (Lipinski definition) is 3. The molecular weight excluding hydrogens is 299 g/mol. The van der Waals surface area contributed by atoms with Crippen LogP contribution in [0, 0.1) is 5.92 Å². The fraction of sp³-hybridized carbons (Fsp3) is 0.643. The maximum absolute atomic E-state index is 12.8. The molecule has 0 aliphatic heterocycles. The Morgan fingerprint density at radius 2 is 2.09 bits per heavy atom. The Morgan fingerprint density at radius 1 is 1.41 bits per heavy atom. The van der Waals surface area contributed by atoms with E-state index in [4.69, 9.17) is 4.74 Å². The van der Waals surface area contributed by atoms with Crippen molar-refractivity contribution in [3.8, 4) is 0 Å². The van der Waals surface area contributed by atoms with E-state index in [-0.39, 0.29) is 17.9 Å². The van der Waals surface area contributed by atoms with Crippen molar-refractivity contribution in [2.45, 2.75) is 51.8 Å². The molecule has 1 aliphatic carbocycles. The van der Waals surface area contributed by atoms with Gasteiger partial charge in [-0.2, -0.15) is 23.3 Å². The highest BCUT2D eigenvalue weighted by atomic mass is 19.4. The van der Waals surface area contributed by atoms with Crippen LogP contribution < -0.4 is 0 Å². The standard InChI is InChI=1S/C14H18F3N3O2/c1-13(2,3)22-12(21)18-7-8-4-5-10-9(6-8)11(20-19-10)14(15,16)17/h7-8H,4-6H2,1-3H3,(H,19,20). The number of aromatic nitrogens is 2. The van der Waals surface area contributed by atoms with Crippen molar-refractivity contribution in [1.29, 1.82) is 0 Å². The summed E-state index contributed by atoms with van der Waals surface area (Å²) in [5, 5.41) is 5.80. The van der Waals surface area contributed by atoms with Gasteiger partial charge in [0, 0.05) is 17.5 Å². The van der Waals surface area contributed by atoms with E-state index in [1.807, 2.05) is 0 Å². The summed E-state index contributed by atoms with van der Waals surface area (Å²) >= 11 is 0. The van der Waals surface area contributed by atoms with Crippen LogP contribution >= 0.6 is 0 Å². The Morgan fingerprint density at radius 3 is 2.68 bits per heavy atom. The van der Waals surface area contributed by atoms with E-state index < -0.39 is 23.6 Å². The lowest BCUT2D eigenvalue weighted by atomic mass is 9.87. The second kappa shape index (κ2) is 5.73. The normalized spacial score (nSPS) is 19.3. The number of aliphatic imine (C=N–C) groups is 1. The predicted molar refractivity (Wildman–Crippen MR) is 73.8 cm³/mol. The number of fused-ring (bicyclic) bond motifs is 1. The first-order chi connectivity index (χ1) is 10.1. The van der Waals surface area contributed by atoms with Gasteiger partial charge in [-0.15, -0.1) is 0 Å². The zero-order valence-corrected chi connectivity index (χ0v) is 12.6. The van der Waals surface area contributed by atoms with Crippen LogP contribution in [0.3, 0.4) is 0 Å². The molecule has 0 fully saturated rings. The Hall–Kier alpha value is -1.86. The number of H-pyrrole nitrogens is 1. The SMILES string of the molecule is CC(C)(C)OC(=O)N=CC1CCc2[nH]nc(C(F)(F)F)c2C1. The van der Waals surface area contributed by atoms with Crippen LogP contribution in [0.15, 0.2) is 4.99 Å². The Kier molecular flexibility index (Phi) is 4.30. The molecule has 1 heterocycles. The van der Waals surface area contributed by atoms with E-state index in [9.17, 15) is 18.0 Å². The maximum atomic E-state index is 12.8. The summed E-state index contributed by atoms with van der Waals surface area (Å²) in [5.41, 5.74) is -0.853. The summed E-state index contributed by atoms with van der Waals surface area (Å²) in [4.78, 5) is 15.2. The van der Waals surface area contributed by atoms with Crippen LogP contribution in [0.5, 0.6) is 0 Å². The second-order valence-electron chi connectivity index (χ2n) is 6.29. The van der Waals surface area contributed by atoms with Crippen molar-refractivity contribution >= 4 is 12.3 Å². The summed E-state index contributed by atoms with van der Waals surface area (Å²) in [5.74, 6) is -0.237. The average Bonchev–Trinajstić information content (AvgIpc) is 2.76. The van der Waals surface area contributed by atoms with Gasteiger partial charge in [-0.05, 0) is 46.0 Å². The highest BCUT2D eigenvalue weighted by molar-refractivity contribution is 5.80. The molecule has 0 spiro atoms. The van der Waals surface area contributed by atoms with Crippen molar-refractivity contribution in [1.82, 2.24) is 10.2 Å². The number of carbonyl (C=O) groups excluding carboxylic acids is 1.